The average molecular weight is 216 g/mol. The Kier molecular flexibility index (Phi) is 5.01. The number of rotatable bonds is 7. The molecule has 1 fully saturated rings. The summed E-state index contributed by atoms with van der Waals surface area (Å²) in [5.74, 6) is -0.454. The zero-order valence-electron chi connectivity index (χ0n) is 9.00. The molecule has 4 N–H and O–H groups in total. The van der Waals surface area contributed by atoms with E-state index in [0.29, 0.717) is 19.7 Å². The number of nitrogens with two attached hydrogens (primary N) is 1. The normalized spacial score (nSPS) is 19.3. The van der Waals surface area contributed by atoms with E-state index in [-0.39, 0.29) is 6.61 Å². The summed E-state index contributed by atoms with van der Waals surface area (Å²) in [4.78, 5) is 10.3. The van der Waals surface area contributed by atoms with Gasteiger partial charge in [-0.25, -0.2) is 0 Å². The Morgan fingerprint density at radius 3 is 2.73 bits per heavy atom. The van der Waals surface area contributed by atoms with Gasteiger partial charge in [0, 0.05) is 13.1 Å². The summed E-state index contributed by atoms with van der Waals surface area (Å²) < 4.78 is 4.97. The maximum atomic E-state index is 10.3. The molecular formula is C10H20N2O3. The first-order chi connectivity index (χ1) is 7.12. The third-order valence-corrected chi connectivity index (χ3v) is 2.66. The number of amides is 1. The molecule has 1 rings (SSSR count). The number of primary amides is 1. The molecular weight excluding hydrogens is 196 g/mol. The fourth-order valence-corrected chi connectivity index (χ4v) is 1.85. The molecule has 0 heterocycles. The first-order valence-electron chi connectivity index (χ1n) is 5.42. The van der Waals surface area contributed by atoms with Crippen LogP contribution in [0.3, 0.4) is 0 Å². The van der Waals surface area contributed by atoms with Gasteiger partial charge >= 0.3 is 0 Å². The van der Waals surface area contributed by atoms with E-state index in [2.05, 4.69) is 5.32 Å². The lowest BCUT2D eigenvalue weighted by Crippen LogP contribution is -2.39. The van der Waals surface area contributed by atoms with E-state index in [4.69, 9.17) is 10.5 Å². The lowest BCUT2D eigenvalue weighted by Gasteiger charge is -2.22. The van der Waals surface area contributed by atoms with Gasteiger partial charge < -0.3 is 20.9 Å². The molecule has 0 aliphatic heterocycles. The smallest absolute Gasteiger partial charge is 0.243 e. The van der Waals surface area contributed by atoms with Crippen molar-refractivity contribution in [3.8, 4) is 0 Å². The fraction of sp³-hybridized carbons (Fsp3) is 0.900. The van der Waals surface area contributed by atoms with Gasteiger partial charge in [-0.05, 0) is 12.8 Å². The van der Waals surface area contributed by atoms with Crippen LogP contribution in [0.5, 0.6) is 0 Å². The third kappa shape index (κ3) is 5.11. The highest BCUT2D eigenvalue weighted by molar-refractivity contribution is 5.74. The average Bonchev–Trinajstić information content (AvgIpc) is 2.58. The van der Waals surface area contributed by atoms with Crippen LogP contribution in [-0.4, -0.2) is 42.9 Å². The molecule has 0 radical (unpaired) electrons. The predicted octanol–water partition coefficient (Wildman–Crippen LogP) is -0.617. The van der Waals surface area contributed by atoms with Crippen molar-refractivity contribution in [2.45, 2.75) is 31.3 Å². The zero-order valence-corrected chi connectivity index (χ0v) is 9.00. The lowest BCUT2D eigenvalue weighted by atomic mass is 10.0. The molecule has 0 aromatic heterocycles. The number of hydrogen-bond acceptors (Lipinski definition) is 4. The summed E-state index contributed by atoms with van der Waals surface area (Å²) in [6.07, 6.45) is 3.97. The van der Waals surface area contributed by atoms with Gasteiger partial charge in [-0.15, -0.1) is 0 Å². The van der Waals surface area contributed by atoms with E-state index in [1.807, 2.05) is 0 Å². The second kappa shape index (κ2) is 6.05. The van der Waals surface area contributed by atoms with Gasteiger partial charge in [0.15, 0.2) is 0 Å². The van der Waals surface area contributed by atoms with Crippen molar-refractivity contribution in [2.24, 2.45) is 5.73 Å². The number of aliphatic hydroxyl groups is 1. The molecule has 0 aromatic rings. The predicted molar refractivity (Wildman–Crippen MR) is 56.3 cm³/mol. The fourth-order valence-electron chi connectivity index (χ4n) is 1.85. The molecule has 0 aromatic carbocycles. The molecule has 1 aliphatic carbocycles. The minimum absolute atomic E-state index is 0.0358. The van der Waals surface area contributed by atoms with Crippen molar-refractivity contribution in [3.63, 3.8) is 0 Å². The van der Waals surface area contributed by atoms with Gasteiger partial charge in [0.05, 0.1) is 12.2 Å². The number of nitrogens with one attached hydrogen (secondary N) is 1. The largest absolute Gasteiger partial charge is 0.389 e. The standard InChI is InChI=1S/C10H20N2O3/c11-9(13)7-15-6-5-12-8-10(14)3-1-2-4-10/h12,14H,1-8H2,(H2,11,13). The van der Waals surface area contributed by atoms with Gasteiger partial charge in [-0.2, -0.15) is 0 Å². The minimum Gasteiger partial charge on any atom is -0.389 e. The molecule has 0 bridgehead atoms. The van der Waals surface area contributed by atoms with E-state index < -0.39 is 11.5 Å². The monoisotopic (exact) mass is 216 g/mol. The summed E-state index contributed by atoms with van der Waals surface area (Å²) in [7, 11) is 0. The molecule has 0 atom stereocenters. The van der Waals surface area contributed by atoms with Crippen LogP contribution in [0.15, 0.2) is 0 Å². The summed E-state index contributed by atoms with van der Waals surface area (Å²) in [5.41, 5.74) is 4.38. The van der Waals surface area contributed by atoms with Crippen LogP contribution in [0.1, 0.15) is 25.7 Å². The van der Waals surface area contributed by atoms with Crippen molar-refractivity contribution >= 4 is 5.91 Å². The second-order valence-electron chi connectivity index (χ2n) is 4.13. The van der Waals surface area contributed by atoms with E-state index in [1.165, 1.54) is 0 Å². The lowest BCUT2D eigenvalue weighted by molar-refractivity contribution is -0.122. The SMILES string of the molecule is NC(=O)COCCNCC1(O)CCCC1. The first-order valence-corrected chi connectivity index (χ1v) is 5.42. The van der Waals surface area contributed by atoms with Crippen LogP contribution in [0.2, 0.25) is 0 Å². The van der Waals surface area contributed by atoms with Gasteiger partial charge in [0.25, 0.3) is 0 Å². The number of hydrogen-bond donors (Lipinski definition) is 3. The first kappa shape index (κ1) is 12.4. The zero-order chi connectivity index (χ0) is 11.1. The highest BCUT2D eigenvalue weighted by Gasteiger charge is 2.30. The van der Waals surface area contributed by atoms with Crippen molar-refractivity contribution in [1.29, 1.82) is 0 Å². The van der Waals surface area contributed by atoms with Crippen molar-refractivity contribution in [2.75, 3.05) is 26.3 Å². The Labute approximate surface area is 90.0 Å². The third-order valence-electron chi connectivity index (χ3n) is 2.66. The van der Waals surface area contributed by atoms with Crippen LogP contribution in [-0.2, 0) is 9.53 Å². The van der Waals surface area contributed by atoms with Crippen LogP contribution < -0.4 is 11.1 Å². The Hall–Kier alpha value is -0.650. The topological polar surface area (TPSA) is 84.6 Å². The number of ether oxygens (including phenoxy) is 1. The van der Waals surface area contributed by atoms with Crippen LogP contribution in [0.25, 0.3) is 0 Å². The summed E-state index contributed by atoms with van der Waals surface area (Å²) in [6.45, 7) is 1.65. The van der Waals surface area contributed by atoms with E-state index >= 15 is 0 Å². The van der Waals surface area contributed by atoms with Crippen molar-refractivity contribution in [3.05, 3.63) is 0 Å². The maximum absolute atomic E-state index is 10.3. The van der Waals surface area contributed by atoms with Gasteiger partial charge in [0.2, 0.25) is 5.91 Å². The minimum atomic E-state index is -0.524. The Bertz CT molecular complexity index is 203. The molecule has 0 unspecified atom stereocenters. The quantitative estimate of drug-likeness (QED) is 0.495. The molecule has 88 valence electrons. The van der Waals surface area contributed by atoms with E-state index in [1.54, 1.807) is 0 Å². The molecule has 0 spiro atoms. The van der Waals surface area contributed by atoms with Crippen LogP contribution in [0, 0.1) is 0 Å². The Balaban J connectivity index is 1.94. The van der Waals surface area contributed by atoms with E-state index in [9.17, 15) is 9.90 Å². The van der Waals surface area contributed by atoms with Crippen molar-refractivity contribution in [1.82, 2.24) is 5.32 Å². The Morgan fingerprint density at radius 2 is 2.13 bits per heavy atom. The summed E-state index contributed by atoms with van der Waals surface area (Å²) in [6, 6.07) is 0. The van der Waals surface area contributed by atoms with Crippen molar-refractivity contribution < 1.29 is 14.6 Å². The molecule has 1 aliphatic rings. The number of carbonyl (C=O) groups is 1. The van der Waals surface area contributed by atoms with Gasteiger partial charge in [-0.1, -0.05) is 12.8 Å². The molecule has 15 heavy (non-hydrogen) atoms. The summed E-state index contributed by atoms with van der Waals surface area (Å²) >= 11 is 0. The second-order valence-corrected chi connectivity index (χ2v) is 4.13. The van der Waals surface area contributed by atoms with E-state index in [0.717, 1.165) is 25.7 Å². The number of carbonyl (C=O) groups excluding carboxylic acids is 1. The van der Waals surface area contributed by atoms with Crippen LogP contribution in [0.4, 0.5) is 0 Å². The highest BCUT2D eigenvalue weighted by Crippen LogP contribution is 2.28. The van der Waals surface area contributed by atoms with Gasteiger partial charge in [0.1, 0.15) is 6.61 Å². The molecule has 1 saturated carbocycles. The molecule has 5 nitrogen and oxygen atoms in total. The molecule has 0 saturated heterocycles. The molecule has 5 heteroatoms. The summed E-state index contributed by atoms with van der Waals surface area (Å²) in [5, 5.41) is 13.1. The van der Waals surface area contributed by atoms with Gasteiger partial charge in [-0.3, -0.25) is 4.79 Å². The van der Waals surface area contributed by atoms with Crippen LogP contribution >= 0.6 is 0 Å². The molecule has 1 amide bonds. The maximum Gasteiger partial charge on any atom is 0.243 e. The Morgan fingerprint density at radius 1 is 1.47 bits per heavy atom. The highest BCUT2D eigenvalue weighted by atomic mass is 16.5.